The van der Waals surface area contributed by atoms with E-state index in [0.29, 0.717) is 0 Å². The van der Waals surface area contributed by atoms with Gasteiger partial charge in [-0.3, -0.25) is 0 Å². The summed E-state index contributed by atoms with van der Waals surface area (Å²) >= 11 is 0. The zero-order valence-corrected chi connectivity index (χ0v) is 10.1. The van der Waals surface area contributed by atoms with Crippen LogP contribution in [0.3, 0.4) is 0 Å². The molecule has 0 aliphatic rings. The third-order valence-corrected chi connectivity index (χ3v) is 2.84. The third-order valence-electron chi connectivity index (χ3n) is 2.12. The standard InChI is InChI=1S/C11H14F3OP/c1-2-4-10(16)8-5-3-6-9(7-8)15-11(12,13)14/h3,5-7,10H,2,4,16H2,1H3. The summed E-state index contributed by atoms with van der Waals surface area (Å²) < 4.78 is 39.8. The molecule has 0 N–H and O–H groups in total. The second kappa shape index (κ2) is 5.53. The van der Waals surface area contributed by atoms with Crippen LogP contribution in [0.15, 0.2) is 24.3 Å². The molecule has 0 saturated heterocycles. The van der Waals surface area contributed by atoms with Crippen LogP contribution in [-0.4, -0.2) is 6.36 Å². The molecule has 1 aromatic carbocycles. The molecule has 0 amide bonds. The molecule has 0 radical (unpaired) electrons. The van der Waals surface area contributed by atoms with Gasteiger partial charge in [0.25, 0.3) is 0 Å². The molecule has 16 heavy (non-hydrogen) atoms. The Morgan fingerprint density at radius 2 is 2.06 bits per heavy atom. The maximum atomic E-state index is 12.0. The first-order valence-electron chi connectivity index (χ1n) is 5.03. The summed E-state index contributed by atoms with van der Waals surface area (Å²) in [6, 6.07) is 6.11. The minimum absolute atomic E-state index is 0.159. The smallest absolute Gasteiger partial charge is 0.406 e. The van der Waals surface area contributed by atoms with Gasteiger partial charge in [0.05, 0.1) is 0 Å². The predicted octanol–water partition coefficient (Wildman–Crippen LogP) is 4.30. The van der Waals surface area contributed by atoms with Crippen molar-refractivity contribution in [1.29, 1.82) is 0 Å². The van der Waals surface area contributed by atoms with Gasteiger partial charge in [-0.25, -0.2) is 0 Å². The molecule has 1 rings (SSSR count). The van der Waals surface area contributed by atoms with Gasteiger partial charge < -0.3 is 4.74 Å². The molecule has 0 fully saturated rings. The molecule has 2 unspecified atom stereocenters. The quantitative estimate of drug-likeness (QED) is 0.724. The van der Waals surface area contributed by atoms with Crippen molar-refractivity contribution in [3.05, 3.63) is 29.8 Å². The van der Waals surface area contributed by atoms with Gasteiger partial charge in [-0.2, -0.15) is 0 Å². The molecule has 90 valence electrons. The molecule has 0 aliphatic carbocycles. The zero-order chi connectivity index (χ0) is 12.2. The van der Waals surface area contributed by atoms with Crippen LogP contribution in [0, 0.1) is 0 Å². The molecule has 0 aromatic heterocycles. The van der Waals surface area contributed by atoms with Crippen molar-refractivity contribution in [2.45, 2.75) is 31.8 Å². The zero-order valence-electron chi connectivity index (χ0n) is 8.92. The van der Waals surface area contributed by atoms with E-state index in [1.807, 2.05) is 6.92 Å². The van der Waals surface area contributed by atoms with Crippen LogP contribution < -0.4 is 4.74 Å². The monoisotopic (exact) mass is 250 g/mol. The van der Waals surface area contributed by atoms with Gasteiger partial charge in [-0.05, 0) is 29.8 Å². The average Bonchev–Trinajstić information content (AvgIpc) is 2.16. The number of rotatable bonds is 4. The Bertz CT molecular complexity index is 338. The van der Waals surface area contributed by atoms with E-state index in [2.05, 4.69) is 14.0 Å². The van der Waals surface area contributed by atoms with Crippen molar-refractivity contribution in [2.75, 3.05) is 0 Å². The molecule has 5 heteroatoms. The largest absolute Gasteiger partial charge is 0.573 e. The molecule has 2 atom stereocenters. The van der Waals surface area contributed by atoms with Crippen LogP contribution >= 0.6 is 9.24 Å². The average molecular weight is 250 g/mol. The first-order valence-corrected chi connectivity index (χ1v) is 5.70. The minimum atomic E-state index is -4.63. The van der Waals surface area contributed by atoms with E-state index < -0.39 is 6.36 Å². The van der Waals surface area contributed by atoms with Crippen LogP contribution in [0.2, 0.25) is 0 Å². The lowest BCUT2D eigenvalue weighted by atomic mass is 10.1. The van der Waals surface area contributed by atoms with Gasteiger partial charge in [0, 0.05) is 0 Å². The van der Waals surface area contributed by atoms with Gasteiger partial charge in [0.1, 0.15) is 5.75 Å². The SMILES string of the molecule is CCCC(P)c1cccc(OC(F)(F)F)c1. The van der Waals surface area contributed by atoms with E-state index in [9.17, 15) is 13.2 Å². The predicted molar refractivity (Wildman–Crippen MR) is 60.5 cm³/mol. The molecule has 1 nitrogen and oxygen atoms in total. The second-order valence-corrected chi connectivity index (χ2v) is 4.32. The number of ether oxygens (including phenoxy) is 1. The number of hydrogen-bond acceptors (Lipinski definition) is 1. The maximum absolute atomic E-state index is 12.0. The summed E-state index contributed by atoms with van der Waals surface area (Å²) in [4.78, 5) is 0. The maximum Gasteiger partial charge on any atom is 0.573 e. The molecule has 0 heterocycles. The van der Waals surface area contributed by atoms with Crippen molar-refractivity contribution in [2.24, 2.45) is 0 Å². The summed E-state index contributed by atoms with van der Waals surface area (Å²) in [7, 11) is 2.63. The summed E-state index contributed by atoms with van der Waals surface area (Å²) in [5.41, 5.74) is 1.01. The molecule has 0 aliphatic heterocycles. The van der Waals surface area contributed by atoms with E-state index in [1.165, 1.54) is 12.1 Å². The fourth-order valence-corrected chi connectivity index (χ4v) is 1.96. The van der Waals surface area contributed by atoms with E-state index in [-0.39, 0.29) is 11.4 Å². The van der Waals surface area contributed by atoms with Gasteiger partial charge >= 0.3 is 6.36 Å². The van der Waals surface area contributed by atoms with Crippen LogP contribution in [0.5, 0.6) is 5.75 Å². The number of halogens is 3. The van der Waals surface area contributed by atoms with E-state index >= 15 is 0 Å². The number of hydrogen-bond donors (Lipinski definition) is 0. The number of alkyl halides is 3. The van der Waals surface area contributed by atoms with Crippen LogP contribution in [-0.2, 0) is 0 Å². The minimum Gasteiger partial charge on any atom is -0.406 e. The molecule has 0 bridgehead atoms. The topological polar surface area (TPSA) is 9.23 Å². The fraction of sp³-hybridized carbons (Fsp3) is 0.455. The van der Waals surface area contributed by atoms with Crippen molar-refractivity contribution >= 4 is 9.24 Å². The van der Waals surface area contributed by atoms with Gasteiger partial charge in [0.15, 0.2) is 0 Å². The summed E-state index contributed by atoms with van der Waals surface area (Å²) in [5.74, 6) is -0.159. The van der Waals surface area contributed by atoms with Crippen LogP contribution in [0.25, 0.3) is 0 Å². The van der Waals surface area contributed by atoms with Gasteiger partial charge in [0.2, 0.25) is 0 Å². The molecule has 0 saturated carbocycles. The van der Waals surface area contributed by atoms with Crippen molar-refractivity contribution < 1.29 is 17.9 Å². The first-order chi connectivity index (χ1) is 7.42. The van der Waals surface area contributed by atoms with Gasteiger partial charge in [-0.15, -0.1) is 22.4 Å². The van der Waals surface area contributed by atoms with E-state index in [4.69, 9.17) is 0 Å². The Balaban J connectivity index is 2.78. The highest BCUT2D eigenvalue weighted by Crippen LogP contribution is 2.31. The Hall–Kier alpha value is -0.760. The third kappa shape index (κ3) is 4.40. The van der Waals surface area contributed by atoms with Crippen LogP contribution in [0.1, 0.15) is 31.0 Å². The highest BCUT2D eigenvalue weighted by Gasteiger charge is 2.31. The molecular weight excluding hydrogens is 236 g/mol. The highest BCUT2D eigenvalue weighted by molar-refractivity contribution is 7.17. The molecule has 1 aromatic rings. The normalized spacial score (nSPS) is 13.6. The molecular formula is C11H14F3OP. The Kier molecular flexibility index (Phi) is 4.60. The summed E-state index contributed by atoms with van der Waals surface area (Å²) in [6.45, 7) is 2.03. The summed E-state index contributed by atoms with van der Waals surface area (Å²) in [6.07, 6.45) is -2.72. The Morgan fingerprint density at radius 1 is 1.38 bits per heavy atom. The second-order valence-electron chi connectivity index (χ2n) is 3.52. The Morgan fingerprint density at radius 3 is 2.62 bits per heavy atom. The highest BCUT2D eigenvalue weighted by atomic mass is 31.0. The number of benzene rings is 1. The lowest BCUT2D eigenvalue weighted by molar-refractivity contribution is -0.274. The summed E-state index contributed by atoms with van der Waals surface area (Å²) in [5, 5.41) is 0. The van der Waals surface area contributed by atoms with Crippen molar-refractivity contribution in [3.8, 4) is 5.75 Å². The lowest BCUT2D eigenvalue weighted by Crippen LogP contribution is -2.17. The first kappa shape index (κ1) is 13.3. The fourth-order valence-electron chi connectivity index (χ4n) is 1.42. The Labute approximate surface area is 95.2 Å². The molecule has 0 spiro atoms. The van der Waals surface area contributed by atoms with E-state index in [1.54, 1.807) is 12.1 Å². The lowest BCUT2D eigenvalue weighted by Gasteiger charge is -2.13. The van der Waals surface area contributed by atoms with Crippen LogP contribution in [0.4, 0.5) is 13.2 Å². The van der Waals surface area contributed by atoms with Gasteiger partial charge in [-0.1, -0.05) is 25.5 Å². The van der Waals surface area contributed by atoms with Crippen molar-refractivity contribution in [1.82, 2.24) is 0 Å². The van der Waals surface area contributed by atoms with Crippen molar-refractivity contribution in [3.63, 3.8) is 0 Å². The van der Waals surface area contributed by atoms with E-state index in [0.717, 1.165) is 18.4 Å².